The predicted molar refractivity (Wildman–Crippen MR) is 526 cm³/mol. The number of fused-ring (bicyclic) bond motifs is 26. The predicted octanol–water partition coefficient (Wildman–Crippen LogP) is 31.3. The maximum atomic E-state index is 10.7. The molecule has 3 aliphatic rings. The molecule has 0 radical (unpaired) electrons. The van der Waals surface area contributed by atoms with Crippen LogP contribution in [0.25, 0.3) is 159 Å². The number of rotatable bonds is 5. The second kappa shape index (κ2) is 27.3. The van der Waals surface area contributed by atoms with Gasteiger partial charge in [0.05, 0.1) is 32.0 Å². The van der Waals surface area contributed by atoms with E-state index in [9.17, 15) is 9.60 Å². The Labute approximate surface area is 731 Å². The number of furan rings is 1. The summed E-state index contributed by atoms with van der Waals surface area (Å²) < 4.78 is 82.1. The lowest BCUT2D eigenvalue weighted by atomic mass is 9.33. The molecule has 0 fully saturated rings. The number of nitrogens with zero attached hydrogens (tertiary/aromatic N) is 3. The molecule has 122 heavy (non-hydrogen) atoms. The molecule has 0 spiro atoms. The normalized spacial score (nSPS) is 14.1. The SMILES string of the molecule is [2H]c1c([2H])c([2H])c2c(c1[2H])c1c([2H])c(-c3ccc4oc5ccccc5c4c3)c([2H])c([2H])c1n2-c1ccc2c(c1)N1c3cc(C(C)(C)C)cc4c3B2c2cc(-c3cc(C(C)(C)C)cc(C(C)(C)C)c3)ccc2N4c2c(-c3ccccc3)cc(C(C)(C)C)cc2-c2cccc(c2)-c2ccc3sc4ccc(cc4c3c2)-c2cccc(c2)-c2cc(C(C)(C)C)cc(-c3ccccc3)c21. The third-order valence-electron chi connectivity index (χ3n) is 26.0. The Bertz CT molecular complexity index is 8030. The van der Waals surface area contributed by atoms with Crippen LogP contribution in [0, 0.1) is 0 Å². The van der Waals surface area contributed by atoms with Gasteiger partial charge in [0.1, 0.15) is 11.2 Å². The molecular weight excluding hydrogens is 1490 g/mol. The van der Waals surface area contributed by atoms with Gasteiger partial charge in [0.15, 0.2) is 0 Å². The second-order valence-electron chi connectivity index (χ2n) is 39.2. The van der Waals surface area contributed by atoms with Crippen LogP contribution in [-0.2, 0) is 27.1 Å². The van der Waals surface area contributed by atoms with Crippen LogP contribution in [0.1, 0.15) is 141 Å². The van der Waals surface area contributed by atoms with E-state index in [-0.39, 0.29) is 79.2 Å². The van der Waals surface area contributed by atoms with Gasteiger partial charge in [-0.1, -0.05) is 298 Å². The number of hydrogen-bond acceptors (Lipinski definition) is 4. The topological polar surface area (TPSA) is 24.6 Å². The Hall–Kier alpha value is -13.0. The van der Waals surface area contributed by atoms with E-state index in [4.69, 9.17) is 4.42 Å². The van der Waals surface area contributed by atoms with Crippen molar-refractivity contribution in [3.8, 4) is 94.7 Å². The molecule has 0 aliphatic carbocycles. The van der Waals surface area contributed by atoms with Crippen LogP contribution in [0.15, 0.2) is 326 Å². The number of aromatic nitrogens is 1. The monoisotopic (exact) mass is 1600 g/mol. The molecule has 3 aliphatic heterocycles. The van der Waals surface area contributed by atoms with Crippen LogP contribution in [0.3, 0.4) is 0 Å². The second-order valence-corrected chi connectivity index (χ2v) is 40.3. The summed E-state index contributed by atoms with van der Waals surface area (Å²) in [7, 11) is 0. The summed E-state index contributed by atoms with van der Waals surface area (Å²) in [5.74, 6) is 0. The van der Waals surface area contributed by atoms with Gasteiger partial charge in [0.25, 0.3) is 6.71 Å². The first kappa shape index (κ1) is 67.7. The van der Waals surface area contributed by atoms with Gasteiger partial charge in [-0.2, -0.15) is 0 Å². The molecule has 592 valence electrons. The summed E-state index contributed by atoms with van der Waals surface area (Å²) in [6, 6.07) is 101. The van der Waals surface area contributed by atoms with E-state index in [0.717, 1.165) is 150 Å². The third-order valence-corrected chi connectivity index (χ3v) is 27.2. The minimum atomic E-state index is -0.535. The van der Waals surface area contributed by atoms with Crippen molar-refractivity contribution in [2.75, 3.05) is 9.80 Å². The van der Waals surface area contributed by atoms with Crippen LogP contribution in [-0.4, -0.2) is 11.3 Å². The molecule has 6 heterocycles. The Morgan fingerprint density at radius 3 is 1.32 bits per heavy atom. The summed E-state index contributed by atoms with van der Waals surface area (Å²) in [6.07, 6.45) is 0. The highest BCUT2D eigenvalue weighted by molar-refractivity contribution is 7.25. The van der Waals surface area contributed by atoms with Gasteiger partial charge in [-0.25, -0.2) is 0 Å². The molecule has 0 atom stereocenters. The molecule has 4 nitrogen and oxygen atoms in total. The average Bonchev–Trinajstić information content (AvgIpc) is 1.66. The van der Waals surface area contributed by atoms with Crippen molar-refractivity contribution in [1.29, 1.82) is 0 Å². The van der Waals surface area contributed by atoms with E-state index in [0.29, 0.717) is 22.4 Å². The molecular formula is C116H98BN3OS. The Kier molecular flexibility index (Phi) is 15.1. The van der Waals surface area contributed by atoms with Crippen LogP contribution in [0.5, 0.6) is 0 Å². The molecule has 6 heteroatoms. The largest absolute Gasteiger partial charge is 0.456 e. The quantitative estimate of drug-likeness (QED) is 0.161. The summed E-state index contributed by atoms with van der Waals surface area (Å²) in [4.78, 5) is 5.20. The van der Waals surface area contributed by atoms with E-state index in [2.05, 4.69) is 350 Å². The van der Waals surface area contributed by atoms with Crippen molar-refractivity contribution in [3.05, 3.63) is 349 Å². The van der Waals surface area contributed by atoms with Gasteiger partial charge in [0, 0.05) is 92.4 Å². The first-order chi connectivity index (χ1) is 61.5. The van der Waals surface area contributed by atoms with Crippen molar-refractivity contribution >= 4 is 132 Å². The number of hydrogen-bond donors (Lipinski definition) is 0. The maximum Gasteiger partial charge on any atom is 0.252 e. The van der Waals surface area contributed by atoms with Crippen molar-refractivity contribution < 1.29 is 14.0 Å². The standard InChI is InChI=1S/C116H98BN3OS/c1-112(2,3)81-54-80(55-82(61-81)113(4,5)6)77-41-48-101-98(60-77)117-97-46-45-86(118-99-38-24-22-36-87(99)93-56-73(40-47-100(93)118)74-42-49-106-94(57-74)88-37-23-25-39-105(88)121-106)68-102(97)120-104-67-85(116(13,14)15)66-103(109(104)117)119(101)110-89(69-28-18-16-19-29-69)62-83(114(7,8)9)64-91(110)78-34-26-32-71(52-78)75-43-50-107-95(58-75)96-59-76(44-51-108(96)122-107)72-33-27-35-79(53-72)92-65-84(115(10,11)12)63-90(111(92)120)70-30-20-17-21-31-70/h16-68H,1-15H3/i22D,24D,36D,38D,40D,47D,56D. The minimum absolute atomic E-state index is 0.0873. The molecule has 22 rings (SSSR count). The Morgan fingerprint density at radius 1 is 0.287 bits per heavy atom. The summed E-state index contributed by atoms with van der Waals surface area (Å²) >= 11 is 1.83. The number of benzene rings is 16. The van der Waals surface area contributed by atoms with Gasteiger partial charge in [0.2, 0.25) is 0 Å². The van der Waals surface area contributed by atoms with E-state index in [1.54, 1.807) is 4.57 Å². The van der Waals surface area contributed by atoms with Crippen molar-refractivity contribution in [2.24, 2.45) is 0 Å². The van der Waals surface area contributed by atoms with E-state index < -0.39 is 24.2 Å². The first-order valence-electron chi connectivity index (χ1n) is 46.4. The van der Waals surface area contributed by atoms with Gasteiger partial charge in [-0.15, -0.1) is 11.3 Å². The molecule has 16 aromatic carbocycles. The van der Waals surface area contributed by atoms with E-state index in [1.807, 2.05) is 53.8 Å². The molecule has 0 unspecified atom stereocenters. The van der Waals surface area contributed by atoms with Gasteiger partial charge in [-0.05, 0) is 265 Å². The highest BCUT2D eigenvalue weighted by Gasteiger charge is 2.47. The molecule has 0 saturated heterocycles. The first-order valence-corrected chi connectivity index (χ1v) is 43.7. The van der Waals surface area contributed by atoms with Crippen molar-refractivity contribution in [3.63, 3.8) is 0 Å². The molecule has 3 aromatic heterocycles. The maximum absolute atomic E-state index is 10.7. The number of anilines is 6. The molecule has 0 saturated carbocycles. The van der Waals surface area contributed by atoms with Crippen LogP contribution >= 0.6 is 11.3 Å². The van der Waals surface area contributed by atoms with Gasteiger partial charge < -0.3 is 18.8 Å². The third kappa shape index (κ3) is 12.3. The Balaban J connectivity index is 0.943. The fourth-order valence-electron chi connectivity index (χ4n) is 19.3. The lowest BCUT2D eigenvalue weighted by Gasteiger charge is -2.47. The summed E-state index contributed by atoms with van der Waals surface area (Å²) in [6.45, 7) is 34.2. The van der Waals surface area contributed by atoms with Crippen molar-refractivity contribution in [1.82, 2.24) is 4.57 Å². The molecule has 19 aromatic rings. The zero-order chi connectivity index (χ0) is 89.6. The Morgan fingerprint density at radius 2 is 0.738 bits per heavy atom. The van der Waals surface area contributed by atoms with Crippen molar-refractivity contribution in [2.45, 2.75) is 131 Å². The van der Waals surface area contributed by atoms with E-state index in [1.165, 1.54) is 36.9 Å². The zero-order valence-electron chi connectivity index (χ0n) is 78.8. The van der Waals surface area contributed by atoms with Crippen LogP contribution in [0.4, 0.5) is 34.1 Å². The number of para-hydroxylation sites is 2. The average molecular weight is 1600 g/mol. The molecule has 13 bridgehead atoms. The molecule has 0 amide bonds. The summed E-state index contributed by atoms with van der Waals surface area (Å²) in [5.41, 5.74) is 30.5. The number of thiophene rings is 1. The minimum Gasteiger partial charge on any atom is -0.456 e. The fraction of sp³-hybridized carbons (Fsp3) is 0.172. The lowest BCUT2D eigenvalue weighted by molar-refractivity contribution is 0.569. The zero-order valence-corrected chi connectivity index (χ0v) is 72.6. The highest BCUT2D eigenvalue weighted by Crippen LogP contribution is 2.57. The van der Waals surface area contributed by atoms with Crippen LogP contribution < -0.4 is 26.2 Å². The van der Waals surface area contributed by atoms with E-state index >= 15 is 0 Å². The van der Waals surface area contributed by atoms with Gasteiger partial charge in [-0.3, -0.25) is 0 Å². The molecule has 0 N–H and O–H groups in total. The lowest BCUT2D eigenvalue weighted by Crippen LogP contribution is -2.61. The van der Waals surface area contributed by atoms with Crippen LogP contribution in [0.2, 0.25) is 0 Å². The smallest absolute Gasteiger partial charge is 0.252 e. The highest BCUT2D eigenvalue weighted by atomic mass is 32.1. The summed E-state index contributed by atoms with van der Waals surface area (Å²) in [5, 5.41) is 4.26. The van der Waals surface area contributed by atoms with Gasteiger partial charge >= 0.3 is 0 Å². The fourth-order valence-corrected chi connectivity index (χ4v) is 20.3.